The van der Waals surface area contributed by atoms with E-state index < -0.39 is 0 Å². The lowest BCUT2D eigenvalue weighted by Gasteiger charge is -2.28. The largest absolute Gasteiger partial charge is 0.0654 e. The standard InChI is InChI=1S/C29H38/c1-3-5-7-9-25-10-12-26(13-11-25)14-15-27-18-22-29(23-19-27)28-20-16-24(17-21-28)8-6-4-2/h10-13,18-19,22-24,28H,3-9,16-17,20-21H2,1-2H3. The highest BCUT2D eigenvalue weighted by Gasteiger charge is 2.21. The van der Waals surface area contributed by atoms with E-state index in [9.17, 15) is 0 Å². The van der Waals surface area contributed by atoms with Crippen LogP contribution >= 0.6 is 0 Å². The fraction of sp³-hybridized carbons (Fsp3) is 0.517. The van der Waals surface area contributed by atoms with Crippen LogP contribution in [-0.2, 0) is 6.42 Å². The molecular weight excluding hydrogens is 348 g/mol. The van der Waals surface area contributed by atoms with Crippen LogP contribution in [0.2, 0.25) is 0 Å². The van der Waals surface area contributed by atoms with Crippen molar-refractivity contribution in [2.24, 2.45) is 5.92 Å². The summed E-state index contributed by atoms with van der Waals surface area (Å²) in [7, 11) is 0. The summed E-state index contributed by atoms with van der Waals surface area (Å²) in [6, 6.07) is 17.9. The van der Waals surface area contributed by atoms with Crippen LogP contribution in [0.15, 0.2) is 48.5 Å². The Hall–Kier alpha value is -2.00. The summed E-state index contributed by atoms with van der Waals surface area (Å²) in [5.74, 6) is 8.41. The number of benzene rings is 2. The third-order valence-electron chi connectivity index (χ3n) is 6.57. The average Bonchev–Trinajstić information content (AvgIpc) is 2.78. The summed E-state index contributed by atoms with van der Waals surface area (Å²) in [6.07, 6.45) is 14.8. The molecule has 2 aromatic rings. The van der Waals surface area contributed by atoms with Gasteiger partial charge in [0.15, 0.2) is 0 Å². The van der Waals surface area contributed by atoms with Gasteiger partial charge in [0.1, 0.15) is 0 Å². The summed E-state index contributed by atoms with van der Waals surface area (Å²) < 4.78 is 0. The molecule has 0 heteroatoms. The van der Waals surface area contributed by atoms with Gasteiger partial charge in [-0.15, -0.1) is 0 Å². The molecule has 2 aromatic carbocycles. The number of aryl methyl sites for hydroxylation is 1. The van der Waals surface area contributed by atoms with Crippen molar-refractivity contribution in [3.8, 4) is 11.8 Å². The maximum atomic E-state index is 3.34. The van der Waals surface area contributed by atoms with Crippen LogP contribution in [0, 0.1) is 17.8 Å². The number of rotatable bonds is 8. The molecule has 0 spiro atoms. The number of hydrogen-bond donors (Lipinski definition) is 0. The summed E-state index contributed by atoms with van der Waals surface area (Å²) in [5, 5.41) is 0. The van der Waals surface area contributed by atoms with E-state index >= 15 is 0 Å². The van der Waals surface area contributed by atoms with Crippen LogP contribution < -0.4 is 0 Å². The van der Waals surface area contributed by atoms with Gasteiger partial charge in [-0.25, -0.2) is 0 Å². The van der Waals surface area contributed by atoms with E-state index in [2.05, 4.69) is 74.2 Å². The van der Waals surface area contributed by atoms with Crippen molar-refractivity contribution in [1.29, 1.82) is 0 Å². The average molecular weight is 387 g/mol. The monoisotopic (exact) mass is 386 g/mol. The summed E-state index contributed by atoms with van der Waals surface area (Å²) in [4.78, 5) is 0. The predicted molar refractivity (Wildman–Crippen MR) is 126 cm³/mol. The first-order valence-corrected chi connectivity index (χ1v) is 12.0. The molecule has 1 fully saturated rings. The molecule has 0 atom stereocenters. The highest BCUT2D eigenvalue weighted by molar-refractivity contribution is 5.44. The summed E-state index contributed by atoms with van der Waals surface area (Å²) >= 11 is 0. The summed E-state index contributed by atoms with van der Waals surface area (Å²) in [6.45, 7) is 4.56. The SMILES string of the molecule is CCCCCc1ccc(C#Cc2ccc(C3CCC(CCCC)CC3)cc2)cc1. The molecule has 1 saturated carbocycles. The normalized spacial score (nSPS) is 18.8. The van der Waals surface area contributed by atoms with Crippen LogP contribution in [0.25, 0.3) is 0 Å². The van der Waals surface area contributed by atoms with Gasteiger partial charge in [0.05, 0.1) is 0 Å². The maximum absolute atomic E-state index is 3.34. The first kappa shape index (κ1) is 21.7. The van der Waals surface area contributed by atoms with E-state index in [1.54, 1.807) is 0 Å². The Balaban J connectivity index is 1.51. The molecule has 154 valence electrons. The minimum absolute atomic E-state index is 0.759. The van der Waals surface area contributed by atoms with Crippen molar-refractivity contribution in [2.75, 3.05) is 0 Å². The predicted octanol–water partition coefficient (Wildman–Crippen LogP) is 8.28. The Morgan fingerprint density at radius 2 is 1.28 bits per heavy atom. The second kappa shape index (κ2) is 11.9. The Morgan fingerprint density at radius 3 is 1.86 bits per heavy atom. The Bertz CT molecular complexity index is 762. The van der Waals surface area contributed by atoms with Gasteiger partial charge >= 0.3 is 0 Å². The van der Waals surface area contributed by atoms with Gasteiger partial charge in [0.25, 0.3) is 0 Å². The van der Waals surface area contributed by atoms with Gasteiger partial charge in [0, 0.05) is 11.1 Å². The molecular formula is C29H38. The second-order valence-electron chi connectivity index (χ2n) is 8.89. The molecule has 0 N–H and O–H groups in total. The molecule has 0 nitrogen and oxygen atoms in total. The third kappa shape index (κ3) is 7.08. The van der Waals surface area contributed by atoms with Crippen molar-refractivity contribution >= 4 is 0 Å². The molecule has 29 heavy (non-hydrogen) atoms. The molecule has 0 bridgehead atoms. The first-order valence-electron chi connectivity index (χ1n) is 12.0. The molecule has 1 aliphatic rings. The lowest BCUT2D eigenvalue weighted by Crippen LogP contribution is -2.13. The quantitative estimate of drug-likeness (QED) is 0.316. The Kier molecular flexibility index (Phi) is 8.88. The fourth-order valence-corrected chi connectivity index (χ4v) is 4.59. The topological polar surface area (TPSA) is 0 Å². The molecule has 0 saturated heterocycles. The lowest BCUT2D eigenvalue weighted by atomic mass is 9.77. The van der Waals surface area contributed by atoms with Gasteiger partial charge in [-0.1, -0.05) is 82.1 Å². The van der Waals surface area contributed by atoms with Gasteiger partial charge in [-0.2, -0.15) is 0 Å². The zero-order valence-electron chi connectivity index (χ0n) is 18.6. The zero-order chi connectivity index (χ0) is 20.3. The van der Waals surface area contributed by atoms with Gasteiger partial charge < -0.3 is 0 Å². The number of unbranched alkanes of at least 4 members (excludes halogenated alkanes) is 3. The second-order valence-corrected chi connectivity index (χ2v) is 8.89. The van der Waals surface area contributed by atoms with Crippen molar-refractivity contribution in [1.82, 2.24) is 0 Å². The van der Waals surface area contributed by atoms with Crippen LogP contribution in [0.1, 0.15) is 106 Å². The molecule has 0 amide bonds. The van der Waals surface area contributed by atoms with Crippen molar-refractivity contribution in [3.05, 3.63) is 70.8 Å². The van der Waals surface area contributed by atoms with E-state index in [-0.39, 0.29) is 0 Å². The van der Waals surface area contributed by atoms with Crippen LogP contribution in [-0.4, -0.2) is 0 Å². The van der Waals surface area contributed by atoms with Crippen LogP contribution in [0.5, 0.6) is 0 Å². The van der Waals surface area contributed by atoms with Crippen LogP contribution in [0.4, 0.5) is 0 Å². The smallest absolute Gasteiger partial charge is 0.0249 e. The lowest BCUT2D eigenvalue weighted by molar-refractivity contribution is 0.304. The molecule has 0 heterocycles. The zero-order valence-corrected chi connectivity index (χ0v) is 18.6. The first-order chi connectivity index (χ1) is 14.3. The highest BCUT2D eigenvalue weighted by Crippen LogP contribution is 2.37. The molecule has 3 rings (SSSR count). The molecule has 1 aliphatic carbocycles. The Morgan fingerprint density at radius 1 is 0.690 bits per heavy atom. The molecule has 0 aromatic heterocycles. The van der Waals surface area contributed by atoms with Gasteiger partial charge in [-0.3, -0.25) is 0 Å². The minimum atomic E-state index is 0.759. The number of hydrogen-bond acceptors (Lipinski definition) is 0. The van der Waals surface area contributed by atoms with E-state index in [1.807, 2.05) is 0 Å². The molecule has 0 unspecified atom stereocenters. The molecule has 0 radical (unpaired) electrons. The van der Waals surface area contributed by atoms with E-state index in [0.29, 0.717) is 0 Å². The van der Waals surface area contributed by atoms with E-state index in [1.165, 1.54) is 81.8 Å². The van der Waals surface area contributed by atoms with Crippen molar-refractivity contribution < 1.29 is 0 Å². The van der Waals surface area contributed by atoms with Crippen molar-refractivity contribution in [2.45, 2.75) is 90.4 Å². The Labute approximate surface area is 179 Å². The molecule has 0 aliphatic heterocycles. The maximum Gasteiger partial charge on any atom is 0.0249 e. The van der Waals surface area contributed by atoms with Gasteiger partial charge in [0.2, 0.25) is 0 Å². The van der Waals surface area contributed by atoms with Gasteiger partial charge in [-0.05, 0) is 85.8 Å². The fourth-order valence-electron chi connectivity index (χ4n) is 4.59. The third-order valence-corrected chi connectivity index (χ3v) is 6.57. The van der Waals surface area contributed by atoms with E-state index in [4.69, 9.17) is 0 Å². The highest BCUT2D eigenvalue weighted by atomic mass is 14.3. The van der Waals surface area contributed by atoms with Crippen molar-refractivity contribution in [3.63, 3.8) is 0 Å². The van der Waals surface area contributed by atoms with E-state index in [0.717, 1.165) is 23.0 Å². The summed E-state index contributed by atoms with van der Waals surface area (Å²) in [5.41, 5.74) is 5.18. The van der Waals surface area contributed by atoms with Crippen LogP contribution in [0.3, 0.4) is 0 Å². The minimum Gasteiger partial charge on any atom is -0.0654 e.